The fourth-order valence-electron chi connectivity index (χ4n) is 6.05. The third kappa shape index (κ3) is 4.00. The van der Waals surface area contributed by atoms with Gasteiger partial charge in [-0.15, -0.1) is 0 Å². The fourth-order valence-corrected chi connectivity index (χ4v) is 6.05. The van der Waals surface area contributed by atoms with Gasteiger partial charge in [-0.25, -0.2) is 4.98 Å². The van der Waals surface area contributed by atoms with E-state index in [2.05, 4.69) is 131 Å². The van der Waals surface area contributed by atoms with E-state index in [1.807, 2.05) is 12.4 Å². The molecule has 0 unspecified atom stereocenters. The zero-order chi connectivity index (χ0) is 26.9. The summed E-state index contributed by atoms with van der Waals surface area (Å²) in [6, 6.07) is 34.2. The van der Waals surface area contributed by atoms with E-state index in [1.165, 1.54) is 0 Å². The van der Waals surface area contributed by atoms with E-state index in [-0.39, 0.29) is 0 Å². The van der Waals surface area contributed by atoms with Crippen LogP contribution >= 0.6 is 0 Å². The smallest absolute Gasteiger partial charge is 0.140 e. The summed E-state index contributed by atoms with van der Waals surface area (Å²) in [5.74, 6) is 0. The van der Waals surface area contributed by atoms with Crippen molar-refractivity contribution < 1.29 is 4.74 Å². The van der Waals surface area contributed by atoms with Crippen LogP contribution in [-0.2, 0) is 17.3 Å². The molecular formula is C34H31N5O. The van der Waals surface area contributed by atoms with Crippen LogP contribution in [0.3, 0.4) is 0 Å². The molecule has 0 aliphatic carbocycles. The predicted molar refractivity (Wildman–Crippen MR) is 160 cm³/mol. The topological polar surface area (TPSA) is 48.1 Å². The summed E-state index contributed by atoms with van der Waals surface area (Å²) < 4.78 is 9.80. The first kappa shape index (κ1) is 24.4. The molecule has 1 fully saturated rings. The van der Waals surface area contributed by atoms with E-state index >= 15 is 0 Å². The van der Waals surface area contributed by atoms with Crippen LogP contribution in [0.25, 0.3) is 22.2 Å². The van der Waals surface area contributed by atoms with E-state index < -0.39 is 5.54 Å². The normalized spacial score (nSPS) is 14.1. The molecule has 1 aliphatic rings. The minimum absolute atomic E-state index is 0.649. The Morgan fingerprint density at radius 1 is 0.725 bits per heavy atom. The summed E-state index contributed by atoms with van der Waals surface area (Å²) in [5, 5.41) is 6.20. The number of pyridine rings is 1. The second kappa shape index (κ2) is 10.1. The quantitative estimate of drug-likeness (QED) is 0.246. The van der Waals surface area contributed by atoms with Crippen LogP contribution in [0, 0.1) is 0 Å². The Hall–Kier alpha value is -4.68. The molecule has 3 aromatic heterocycles. The summed E-state index contributed by atoms with van der Waals surface area (Å²) in [5.41, 5.74) is 7.06. The van der Waals surface area contributed by atoms with Crippen molar-refractivity contribution in [2.75, 3.05) is 31.2 Å². The second-order valence-electron chi connectivity index (χ2n) is 10.3. The molecule has 0 N–H and O–H groups in total. The minimum Gasteiger partial charge on any atom is -0.378 e. The summed E-state index contributed by atoms with van der Waals surface area (Å²) in [4.78, 5) is 7.20. The van der Waals surface area contributed by atoms with Crippen LogP contribution in [0.1, 0.15) is 16.7 Å². The van der Waals surface area contributed by atoms with Crippen molar-refractivity contribution in [3.05, 3.63) is 139 Å². The lowest BCUT2D eigenvalue weighted by atomic mass is 9.77. The molecule has 1 aliphatic heterocycles. The lowest BCUT2D eigenvalue weighted by Gasteiger charge is -2.36. The third-order valence-corrected chi connectivity index (χ3v) is 7.99. The number of aromatic nitrogens is 4. The molecule has 40 heavy (non-hydrogen) atoms. The molecule has 0 saturated carbocycles. The standard InChI is InChI=1S/C34H31N5O/c1-37-25-32(31-21-30(23-35-33(31)37)38-17-19-40-20-18-38)26-22-36-39(24-26)34(27-11-5-2-6-12-27,28-13-7-3-8-14-28)29-15-9-4-10-16-29/h2-16,21-25H,17-20H2,1H3. The maximum Gasteiger partial charge on any atom is 0.140 e. The zero-order valence-corrected chi connectivity index (χ0v) is 22.5. The second-order valence-corrected chi connectivity index (χ2v) is 10.3. The molecular weight excluding hydrogens is 494 g/mol. The van der Waals surface area contributed by atoms with Gasteiger partial charge < -0.3 is 14.2 Å². The summed E-state index contributed by atoms with van der Waals surface area (Å²) in [6.07, 6.45) is 8.31. The zero-order valence-electron chi connectivity index (χ0n) is 22.5. The van der Waals surface area contributed by atoms with Crippen LogP contribution in [0.4, 0.5) is 5.69 Å². The molecule has 4 heterocycles. The molecule has 0 atom stereocenters. The van der Waals surface area contributed by atoms with Crippen LogP contribution in [0.2, 0.25) is 0 Å². The van der Waals surface area contributed by atoms with Crippen molar-refractivity contribution in [2.24, 2.45) is 7.05 Å². The first-order valence-electron chi connectivity index (χ1n) is 13.7. The van der Waals surface area contributed by atoms with E-state index in [9.17, 15) is 0 Å². The largest absolute Gasteiger partial charge is 0.378 e. The van der Waals surface area contributed by atoms with Crippen LogP contribution in [0.5, 0.6) is 0 Å². The Bertz CT molecular complexity index is 1640. The van der Waals surface area contributed by atoms with Crippen LogP contribution < -0.4 is 4.90 Å². The van der Waals surface area contributed by atoms with Gasteiger partial charge in [0.15, 0.2) is 0 Å². The van der Waals surface area contributed by atoms with Gasteiger partial charge in [-0.1, -0.05) is 91.0 Å². The van der Waals surface area contributed by atoms with Crippen molar-refractivity contribution in [1.29, 1.82) is 0 Å². The monoisotopic (exact) mass is 525 g/mol. The van der Waals surface area contributed by atoms with Gasteiger partial charge in [0.25, 0.3) is 0 Å². The predicted octanol–water partition coefficient (Wildman–Crippen LogP) is 6.11. The number of nitrogens with zero attached hydrogens (tertiary/aromatic N) is 5. The van der Waals surface area contributed by atoms with Crippen LogP contribution in [0.15, 0.2) is 122 Å². The van der Waals surface area contributed by atoms with Gasteiger partial charge in [0.1, 0.15) is 11.2 Å². The Labute approximate surface area is 234 Å². The van der Waals surface area contributed by atoms with Gasteiger partial charge in [0, 0.05) is 49.0 Å². The molecule has 6 heteroatoms. The fraction of sp³-hybridized carbons (Fsp3) is 0.176. The van der Waals surface area contributed by atoms with Crippen molar-refractivity contribution >= 4 is 16.7 Å². The van der Waals surface area contributed by atoms with Crippen LogP contribution in [-0.4, -0.2) is 45.6 Å². The van der Waals surface area contributed by atoms with Gasteiger partial charge in [-0.05, 0) is 22.8 Å². The van der Waals surface area contributed by atoms with Gasteiger partial charge in [0.2, 0.25) is 0 Å². The Balaban J connectivity index is 1.43. The van der Waals surface area contributed by atoms with Gasteiger partial charge >= 0.3 is 0 Å². The molecule has 198 valence electrons. The van der Waals surface area contributed by atoms with Crippen molar-refractivity contribution in [3.63, 3.8) is 0 Å². The minimum atomic E-state index is -0.649. The molecule has 7 rings (SSSR count). The third-order valence-electron chi connectivity index (χ3n) is 7.99. The molecule has 3 aromatic carbocycles. The summed E-state index contributed by atoms with van der Waals surface area (Å²) in [7, 11) is 2.06. The SMILES string of the molecule is Cn1cc(-c2cnn(C(c3ccccc3)(c3ccccc3)c3ccccc3)c2)c2cc(N3CCOCC3)cnc21. The average Bonchev–Trinajstić information content (AvgIpc) is 3.64. The number of hydrogen-bond acceptors (Lipinski definition) is 4. The molecule has 6 aromatic rings. The molecule has 6 nitrogen and oxygen atoms in total. The number of rotatable bonds is 6. The van der Waals surface area contributed by atoms with Crippen molar-refractivity contribution in [1.82, 2.24) is 19.3 Å². The summed E-state index contributed by atoms with van der Waals surface area (Å²) >= 11 is 0. The Morgan fingerprint density at radius 3 is 1.88 bits per heavy atom. The molecule has 1 saturated heterocycles. The molecule has 0 spiro atoms. The van der Waals surface area contributed by atoms with Crippen molar-refractivity contribution in [2.45, 2.75) is 5.54 Å². The summed E-state index contributed by atoms with van der Waals surface area (Å²) in [6.45, 7) is 3.24. The number of anilines is 1. The lowest BCUT2D eigenvalue weighted by Crippen LogP contribution is -2.38. The van der Waals surface area contributed by atoms with E-state index in [0.29, 0.717) is 0 Å². The first-order valence-corrected chi connectivity index (χ1v) is 13.7. The highest BCUT2D eigenvalue weighted by Gasteiger charge is 2.39. The van der Waals surface area contributed by atoms with Gasteiger partial charge in [0.05, 0.1) is 31.3 Å². The first-order chi connectivity index (χ1) is 19.7. The highest BCUT2D eigenvalue weighted by Crippen LogP contribution is 2.41. The average molecular weight is 526 g/mol. The maximum atomic E-state index is 5.57. The molecule has 0 radical (unpaired) electrons. The Kier molecular flexibility index (Phi) is 6.17. The number of fused-ring (bicyclic) bond motifs is 1. The number of hydrogen-bond donors (Lipinski definition) is 0. The highest BCUT2D eigenvalue weighted by molar-refractivity contribution is 5.95. The number of morpholine rings is 1. The number of benzene rings is 3. The molecule has 0 amide bonds. The number of ether oxygens (including phenoxy) is 1. The maximum absolute atomic E-state index is 5.57. The number of aryl methyl sites for hydroxylation is 1. The van der Waals surface area contributed by atoms with Gasteiger partial charge in [-0.2, -0.15) is 5.10 Å². The van der Waals surface area contributed by atoms with E-state index in [4.69, 9.17) is 14.8 Å². The Morgan fingerprint density at radius 2 is 1.30 bits per heavy atom. The van der Waals surface area contributed by atoms with Crippen molar-refractivity contribution in [3.8, 4) is 11.1 Å². The van der Waals surface area contributed by atoms with E-state index in [0.717, 1.165) is 70.8 Å². The van der Waals surface area contributed by atoms with E-state index in [1.54, 1.807) is 0 Å². The highest BCUT2D eigenvalue weighted by atomic mass is 16.5. The molecule has 0 bridgehead atoms. The lowest BCUT2D eigenvalue weighted by molar-refractivity contribution is 0.122. The van der Waals surface area contributed by atoms with Gasteiger partial charge in [-0.3, -0.25) is 4.68 Å².